The zero-order valence-electron chi connectivity index (χ0n) is 11.1. The Balaban J connectivity index is 2.25. The van der Waals surface area contributed by atoms with E-state index in [-0.39, 0.29) is 6.04 Å². The summed E-state index contributed by atoms with van der Waals surface area (Å²) < 4.78 is 27.1. The third-order valence-electron chi connectivity index (χ3n) is 3.53. The number of sulfonamides is 1. The summed E-state index contributed by atoms with van der Waals surface area (Å²) >= 11 is 1.37. The first-order valence-corrected chi connectivity index (χ1v) is 8.45. The van der Waals surface area contributed by atoms with Crippen LogP contribution in [0.3, 0.4) is 0 Å². The largest absolute Gasteiger partial charge is 0.316 e. The summed E-state index contributed by atoms with van der Waals surface area (Å²) in [7, 11) is -1.41. The average Bonchev–Trinajstić information content (AvgIpc) is 2.70. The van der Waals surface area contributed by atoms with Crippen LogP contribution in [0.5, 0.6) is 0 Å². The number of aryl methyl sites for hydroxylation is 2. The van der Waals surface area contributed by atoms with Crippen molar-refractivity contribution in [3.63, 3.8) is 0 Å². The second-order valence-electron chi connectivity index (χ2n) is 4.80. The van der Waals surface area contributed by atoms with Gasteiger partial charge in [-0.1, -0.05) is 0 Å². The minimum absolute atomic E-state index is 0.274. The Morgan fingerprint density at radius 3 is 2.72 bits per heavy atom. The normalized spacial score (nSPS) is 22.3. The van der Waals surface area contributed by atoms with Gasteiger partial charge in [-0.05, 0) is 45.4 Å². The fourth-order valence-corrected chi connectivity index (χ4v) is 5.39. The van der Waals surface area contributed by atoms with E-state index in [0.29, 0.717) is 17.3 Å². The molecule has 0 aliphatic carbocycles. The predicted molar refractivity (Wildman–Crippen MR) is 74.6 cm³/mol. The smallest absolute Gasteiger partial charge is 0.252 e. The summed E-state index contributed by atoms with van der Waals surface area (Å²) in [5.74, 6) is 0. The number of piperidine rings is 1. The van der Waals surface area contributed by atoms with Gasteiger partial charge in [-0.2, -0.15) is 4.31 Å². The summed E-state index contributed by atoms with van der Waals surface area (Å²) in [5.41, 5.74) is 1.06. The lowest BCUT2D eigenvalue weighted by Gasteiger charge is -2.31. The van der Waals surface area contributed by atoms with Crippen LogP contribution in [0, 0.1) is 13.8 Å². The minimum Gasteiger partial charge on any atom is -0.316 e. The maximum absolute atomic E-state index is 12.5. The molecule has 102 valence electrons. The van der Waals surface area contributed by atoms with Crippen LogP contribution in [-0.2, 0) is 10.0 Å². The van der Waals surface area contributed by atoms with Crippen LogP contribution in [0.25, 0.3) is 0 Å². The molecule has 1 saturated heterocycles. The molecule has 0 spiro atoms. The molecule has 1 aromatic rings. The van der Waals surface area contributed by atoms with E-state index in [1.807, 2.05) is 20.9 Å². The lowest BCUT2D eigenvalue weighted by Crippen LogP contribution is -2.46. The molecule has 1 atom stereocenters. The molecule has 18 heavy (non-hydrogen) atoms. The van der Waals surface area contributed by atoms with E-state index < -0.39 is 10.0 Å². The molecule has 1 aromatic heterocycles. The zero-order chi connectivity index (χ0) is 13.3. The van der Waals surface area contributed by atoms with E-state index in [0.717, 1.165) is 23.3 Å². The molecule has 1 fully saturated rings. The second kappa shape index (κ2) is 5.28. The highest BCUT2D eigenvalue weighted by Crippen LogP contribution is 2.29. The van der Waals surface area contributed by atoms with E-state index in [2.05, 4.69) is 5.32 Å². The lowest BCUT2D eigenvalue weighted by atomic mass is 10.1. The van der Waals surface area contributed by atoms with Crippen LogP contribution in [0.1, 0.15) is 23.3 Å². The number of nitrogens with one attached hydrogen (secondary N) is 1. The quantitative estimate of drug-likeness (QED) is 0.921. The van der Waals surface area contributed by atoms with Crippen molar-refractivity contribution < 1.29 is 8.42 Å². The van der Waals surface area contributed by atoms with Crippen LogP contribution in [0.15, 0.2) is 10.3 Å². The van der Waals surface area contributed by atoms with Crippen molar-refractivity contribution in [3.05, 3.63) is 16.5 Å². The zero-order valence-corrected chi connectivity index (χ0v) is 12.7. The Bertz CT molecular complexity index is 503. The number of rotatable bonds is 3. The first-order chi connectivity index (χ1) is 8.45. The van der Waals surface area contributed by atoms with E-state index in [1.165, 1.54) is 11.3 Å². The highest BCUT2D eigenvalue weighted by Gasteiger charge is 2.30. The molecule has 1 aliphatic rings. The highest BCUT2D eigenvalue weighted by atomic mass is 32.2. The number of hydrogen-bond donors (Lipinski definition) is 1. The first-order valence-electron chi connectivity index (χ1n) is 6.19. The summed E-state index contributed by atoms with van der Waals surface area (Å²) in [6.07, 6.45) is 1.97. The van der Waals surface area contributed by atoms with Gasteiger partial charge >= 0.3 is 0 Å². The molecule has 0 aromatic carbocycles. The Morgan fingerprint density at radius 2 is 2.17 bits per heavy atom. The molecule has 2 rings (SSSR count). The standard InChI is InChI=1S/C12H20N2O2S2/c1-9-7-12(17-10(9)2)18(15,16)14-6-4-5-11(8-14)13-3/h7,11,13H,4-6,8H2,1-3H3. The van der Waals surface area contributed by atoms with E-state index in [9.17, 15) is 8.42 Å². The molecule has 0 bridgehead atoms. The molecular formula is C12H20N2O2S2. The maximum Gasteiger partial charge on any atom is 0.252 e. The third-order valence-corrected chi connectivity index (χ3v) is 7.00. The van der Waals surface area contributed by atoms with Gasteiger partial charge in [-0.15, -0.1) is 11.3 Å². The maximum atomic E-state index is 12.5. The lowest BCUT2D eigenvalue weighted by molar-refractivity contribution is 0.293. The van der Waals surface area contributed by atoms with Gasteiger partial charge in [0.15, 0.2) is 0 Å². The first kappa shape index (κ1) is 14.0. The summed E-state index contributed by atoms with van der Waals surface area (Å²) in [4.78, 5) is 1.08. The van der Waals surface area contributed by atoms with E-state index in [4.69, 9.17) is 0 Å². The SMILES string of the molecule is CNC1CCCN(S(=O)(=O)c2cc(C)c(C)s2)C1. The van der Waals surface area contributed by atoms with Gasteiger partial charge in [-0.25, -0.2) is 8.42 Å². The van der Waals surface area contributed by atoms with Gasteiger partial charge in [-0.3, -0.25) is 0 Å². The van der Waals surface area contributed by atoms with Gasteiger partial charge in [0.2, 0.25) is 0 Å². The van der Waals surface area contributed by atoms with Crippen LogP contribution in [0.4, 0.5) is 0 Å². The number of thiophene rings is 1. The number of likely N-dealkylation sites (N-methyl/N-ethyl adjacent to an activating group) is 1. The molecule has 0 saturated carbocycles. The average molecular weight is 288 g/mol. The van der Waals surface area contributed by atoms with Gasteiger partial charge in [0.25, 0.3) is 10.0 Å². The van der Waals surface area contributed by atoms with Crippen LogP contribution >= 0.6 is 11.3 Å². The van der Waals surface area contributed by atoms with Gasteiger partial charge in [0, 0.05) is 24.0 Å². The van der Waals surface area contributed by atoms with Crippen LogP contribution < -0.4 is 5.32 Å². The second-order valence-corrected chi connectivity index (χ2v) is 8.22. The Hall–Kier alpha value is -0.430. The van der Waals surface area contributed by atoms with Crippen molar-refractivity contribution in [2.75, 3.05) is 20.1 Å². The molecule has 2 heterocycles. The fraction of sp³-hybridized carbons (Fsp3) is 0.667. The van der Waals surface area contributed by atoms with Crippen molar-refractivity contribution in [2.45, 2.75) is 36.9 Å². The molecule has 4 nitrogen and oxygen atoms in total. The van der Waals surface area contributed by atoms with Crippen molar-refractivity contribution in [1.82, 2.24) is 9.62 Å². The molecule has 1 N–H and O–H groups in total. The Labute approximate surface area is 113 Å². The topological polar surface area (TPSA) is 49.4 Å². The number of hydrogen-bond acceptors (Lipinski definition) is 4. The molecule has 1 unspecified atom stereocenters. The van der Waals surface area contributed by atoms with Crippen molar-refractivity contribution in [2.24, 2.45) is 0 Å². The Kier molecular flexibility index (Phi) is 4.11. The molecular weight excluding hydrogens is 268 g/mol. The molecule has 1 aliphatic heterocycles. The molecule has 6 heteroatoms. The summed E-state index contributed by atoms with van der Waals surface area (Å²) in [6.45, 7) is 5.13. The van der Waals surface area contributed by atoms with Crippen molar-refractivity contribution in [1.29, 1.82) is 0 Å². The fourth-order valence-electron chi connectivity index (χ4n) is 2.19. The molecule has 0 radical (unpaired) electrons. The van der Waals surface area contributed by atoms with Gasteiger partial charge < -0.3 is 5.32 Å². The van der Waals surface area contributed by atoms with Gasteiger partial charge in [0.05, 0.1) is 0 Å². The highest BCUT2D eigenvalue weighted by molar-refractivity contribution is 7.91. The van der Waals surface area contributed by atoms with E-state index in [1.54, 1.807) is 10.4 Å². The third kappa shape index (κ3) is 2.61. The summed E-state index contributed by atoms with van der Waals surface area (Å²) in [5, 5.41) is 3.17. The molecule has 0 amide bonds. The Morgan fingerprint density at radius 1 is 1.44 bits per heavy atom. The predicted octanol–water partition coefficient (Wildman–Crippen LogP) is 1.74. The van der Waals surface area contributed by atoms with Crippen LogP contribution in [-0.4, -0.2) is 38.9 Å². The number of nitrogens with zero attached hydrogens (tertiary/aromatic N) is 1. The minimum atomic E-state index is -3.29. The monoisotopic (exact) mass is 288 g/mol. The van der Waals surface area contributed by atoms with Crippen molar-refractivity contribution in [3.8, 4) is 0 Å². The van der Waals surface area contributed by atoms with Crippen LogP contribution in [0.2, 0.25) is 0 Å². The van der Waals surface area contributed by atoms with Gasteiger partial charge in [0.1, 0.15) is 4.21 Å². The van der Waals surface area contributed by atoms with Crippen molar-refractivity contribution >= 4 is 21.4 Å². The van der Waals surface area contributed by atoms with E-state index >= 15 is 0 Å². The summed E-state index contributed by atoms with van der Waals surface area (Å²) in [6, 6.07) is 2.06.